The first-order chi connectivity index (χ1) is 7.97. The van der Waals surface area contributed by atoms with Gasteiger partial charge in [-0.1, -0.05) is 11.6 Å². The minimum atomic E-state index is -0.131. The molecule has 88 valence electrons. The van der Waals surface area contributed by atoms with Crippen LogP contribution in [0.4, 0.5) is 5.69 Å². The molecule has 0 spiro atoms. The number of aryl methyl sites for hydroxylation is 2. The summed E-state index contributed by atoms with van der Waals surface area (Å²) in [5.41, 5.74) is 7.15. The molecule has 0 radical (unpaired) electrons. The second-order valence-electron chi connectivity index (χ2n) is 3.93. The summed E-state index contributed by atoms with van der Waals surface area (Å²) in [7, 11) is 0. The fourth-order valence-corrected chi connectivity index (χ4v) is 2.00. The van der Waals surface area contributed by atoms with Crippen LogP contribution in [0, 0.1) is 13.8 Å². The SMILES string of the molecule is Cc1cc(C(=O)c2cc(N)cc(Cl)c2)c(C)o1. The fourth-order valence-electron chi connectivity index (χ4n) is 1.76. The van der Waals surface area contributed by atoms with Crippen molar-refractivity contribution in [2.24, 2.45) is 0 Å². The van der Waals surface area contributed by atoms with Gasteiger partial charge < -0.3 is 10.2 Å². The first kappa shape index (κ1) is 11.7. The van der Waals surface area contributed by atoms with E-state index in [0.29, 0.717) is 33.4 Å². The van der Waals surface area contributed by atoms with Crippen molar-refractivity contribution in [3.63, 3.8) is 0 Å². The van der Waals surface area contributed by atoms with Gasteiger partial charge in [-0.15, -0.1) is 0 Å². The zero-order valence-electron chi connectivity index (χ0n) is 9.58. The minimum absolute atomic E-state index is 0.131. The van der Waals surface area contributed by atoms with Crippen molar-refractivity contribution in [2.45, 2.75) is 13.8 Å². The number of furan rings is 1. The summed E-state index contributed by atoms with van der Waals surface area (Å²) in [5.74, 6) is 1.18. The number of carbonyl (C=O) groups excluding carboxylic acids is 1. The quantitative estimate of drug-likeness (QED) is 0.656. The summed E-state index contributed by atoms with van der Waals surface area (Å²) in [5, 5.41) is 0.450. The molecule has 0 amide bonds. The van der Waals surface area contributed by atoms with Crippen LogP contribution in [0.25, 0.3) is 0 Å². The van der Waals surface area contributed by atoms with E-state index in [0.717, 1.165) is 0 Å². The first-order valence-electron chi connectivity index (χ1n) is 5.15. The standard InChI is InChI=1S/C13H12ClNO2/c1-7-3-12(8(2)17-7)13(16)9-4-10(14)6-11(15)5-9/h3-6H,15H2,1-2H3. The number of hydrogen-bond acceptors (Lipinski definition) is 3. The highest BCUT2D eigenvalue weighted by Gasteiger charge is 2.16. The highest BCUT2D eigenvalue weighted by atomic mass is 35.5. The Morgan fingerprint density at radius 1 is 1.24 bits per heavy atom. The van der Waals surface area contributed by atoms with Gasteiger partial charge in [0.15, 0.2) is 5.78 Å². The average molecular weight is 250 g/mol. The molecule has 0 unspecified atom stereocenters. The van der Waals surface area contributed by atoms with E-state index in [1.165, 1.54) is 0 Å². The van der Waals surface area contributed by atoms with Gasteiger partial charge in [-0.2, -0.15) is 0 Å². The van der Waals surface area contributed by atoms with Gasteiger partial charge in [0.05, 0.1) is 5.56 Å². The van der Waals surface area contributed by atoms with Crippen molar-refractivity contribution in [2.75, 3.05) is 5.73 Å². The third kappa shape index (κ3) is 2.34. The molecule has 4 heteroatoms. The molecular weight excluding hydrogens is 238 g/mol. The Hall–Kier alpha value is -1.74. The summed E-state index contributed by atoms with van der Waals surface area (Å²) in [6, 6.07) is 6.53. The number of nitrogens with two attached hydrogens (primary N) is 1. The molecule has 3 nitrogen and oxygen atoms in total. The number of anilines is 1. The summed E-state index contributed by atoms with van der Waals surface area (Å²) in [6.07, 6.45) is 0. The lowest BCUT2D eigenvalue weighted by Crippen LogP contribution is -2.02. The maximum atomic E-state index is 12.2. The summed E-state index contributed by atoms with van der Waals surface area (Å²) in [6.45, 7) is 3.56. The van der Waals surface area contributed by atoms with Gasteiger partial charge >= 0.3 is 0 Å². The molecule has 1 aromatic carbocycles. The maximum absolute atomic E-state index is 12.2. The zero-order chi connectivity index (χ0) is 12.6. The number of nitrogen functional groups attached to an aromatic ring is 1. The predicted octanol–water partition coefficient (Wildman–Crippen LogP) is 3.36. The van der Waals surface area contributed by atoms with Crippen LogP contribution in [-0.2, 0) is 0 Å². The Bertz CT molecular complexity index is 567. The summed E-state index contributed by atoms with van der Waals surface area (Å²) in [4.78, 5) is 12.2. The molecule has 1 heterocycles. The lowest BCUT2D eigenvalue weighted by atomic mass is 10.0. The van der Waals surface area contributed by atoms with Crippen LogP contribution in [0.5, 0.6) is 0 Å². The maximum Gasteiger partial charge on any atom is 0.196 e. The zero-order valence-corrected chi connectivity index (χ0v) is 10.3. The molecule has 2 aromatic rings. The van der Waals surface area contributed by atoms with Crippen LogP contribution in [0.15, 0.2) is 28.7 Å². The number of carbonyl (C=O) groups is 1. The minimum Gasteiger partial charge on any atom is -0.466 e. The molecule has 0 aliphatic heterocycles. The van der Waals surface area contributed by atoms with Crippen LogP contribution in [0.3, 0.4) is 0 Å². The Morgan fingerprint density at radius 3 is 2.47 bits per heavy atom. The van der Waals surface area contributed by atoms with Crippen LogP contribution in [-0.4, -0.2) is 5.78 Å². The third-order valence-electron chi connectivity index (χ3n) is 2.47. The molecule has 0 atom stereocenters. The Morgan fingerprint density at radius 2 is 1.94 bits per heavy atom. The van der Waals surface area contributed by atoms with Crippen molar-refractivity contribution in [1.29, 1.82) is 0 Å². The third-order valence-corrected chi connectivity index (χ3v) is 2.69. The molecule has 0 aliphatic rings. The van der Waals surface area contributed by atoms with Crippen LogP contribution >= 0.6 is 11.6 Å². The summed E-state index contributed by atoms with van der Waals surface area (Å²) < 4.78 is 5.33. The number of rotatable bonds is 2. The largest absolute Gasteiger partial charge is 0.466 e. The topological polar surface area (TPSA) is 56.2 Å². The fraction of sp³-hybridized carbons (Fsp3) is 0.154. The highest BCUT2D eigenvalue weighted by Crippen LogP contribution is 2.22. The van der Waals surface area contributed by atoms with Crippen LogP contribution < -0.4 is 5.73 Å². The number of halogens is 1. The van der Waals surface area contributed by atoms with E-state index in [1.807, 2.05) is 0 Å². The Kier molecular flexibility index (Phi) is 2.94. The molecule has 0 bridgehead atoms. The molecule has 0 fully saturated rings. The van der Waals surface area contributed by atoms with Gasteiger partial charge in [0, 0.05) is 16.3 Å². The highest BCUT2D eigenvalue weighted by molar-refractivity contribution is 6.31. The summed E-state index contributed by atoms with van der Waals surface area (Å²) >= 11 is 5.87. The van der Waals surface area contributed by atoms with E-state index in [-0.39, 0.29) is 5.78 Å². The van der Waals surface area contributed by atoms with E-state index in [4.69, 9.17) is 21.8 Å². The monoisotopic (exact) mass is 249 g/mol. The van der Waals surface area contributed by atoms with Crippen LogP contribution in [0.2, 0.25) is 5.02 Å². The van der Waals surface area contributed by atoms with E-state index in [9.17, 15) is 4.79 Å². The lowest BCUT2D eigenvalue weighted by molar-refractivity contribution is 0.103. The van der Waals surface area contributed by atoms with E-state index >= 15 is 0 Å². The second kappa shape index (κ2) is 4.26. The Balaban J connectivity index is 2.47. The molecule has 17 heavy (non-hydrogen) atoms. The number of benzene rings is 1. The van der Waals surface area contributed by atoms with Crippen LogP contribution in [0.1, 0.15) is 27.4 Å². The van der Waals surface area contributed by atoms with Gasteiger partial charge in [0.1, 0.15) is 11.5 Å². The normalized spacial score (nSPS) is 10.5. The number of hydrogen-bond donors (Lipinski definition) is 1. The van der Waals surface area contributed by atoms with E-state index in [2.05, 4.69) is 0 Å². The van der Waals surface area contributed by atoms with Crippen molar-refractivity contribution in [1.82, 2.24) is 0 Å². The van der Waals surface area contributed by atoms with Crippen molar-refractivity contribution >= 4 is 23.1 Å². The smallest absolute Gasteiger partial charge is 0.196 e. The molecule has 0 saturated heterocycles. The second-order valence-corrected chi connectivity index (χ2v) is 4.37. The van der Waals surface area contributed by atoms with Gasteiger partial charge in [0.25, 0.3) is 0 Å². The average Bonchev–Trinajstić information content (AvgIpc) is 2.55. The van der Waals surface area contributed by atoms with Gasteiger partial charge in [0.2, 0.25) is 0 Å². The molecule has 0 aliphatic carbocycles. The number of ketones is 1. The van der Waals surface area contributed by atoms with Crippen molar-refractivity contribution < 1.29 is 9.21 Å². The molecule has 2 N–H and O–H groups in total. The molecular formula is C13H12ClNO2. The molecule has 1 aromatic heterocycles. The van der Waals surface area contributed by atoms with Gasteiger partial charge in [-0.3, -0.25) is 4.79 Å². The lowest BCUT2D eigenvalue weighted by Gasteiger charge is -2.02. The van der Waals surface area contributed by atoms with Gasteiger partial charge in [-0.25, -0.2) is 0 Å². The van der Waals surface area contributed by atoms with Crippen molar-refractivity contribution in [3.05, 3.63) is 51.9 Å². The van der Waals surface area contributed by atoms with Crippen molar-refractivity contribution in [3.8, 4) is 0 Å². The first-order valence-corrected chi connectivity index (χ1v) is 5.53. The predicted molar refractivity (Wildman–Crippen MR) is 67.5 cm³/mol. The molecule has 0 saturated carbocycles. The Labute approximate surface area is 104 Å². The van der Waals surface area contributed by atoms with E-state index < -0.39 is 0 Å². The van der Waals surface area contributed by atoms with E-state index in [1.54, 1.807) is 38.1 Å². The van der Waals surface area contributed by atoms with Gasteiger partial charge in [-0.05, 0) is 38.1 Å². The molecule has 2 rings (SSSR count).